The maximum Gasteiger partial charge on any atom is 0.191 e. The minimum Gasteiger partial charge on any atom is -0.378 e. The van der Waals surface area contributed by atoms with E-state index in [1.165, 1.54) is 11.3 Å². The SMILES string of the molecule is CC(NCc1ccc(N2CCOCC2)cc1)c1nn[nH]n1. The van der Waals surface area contributed by atoms with Gasteiger partial charge in [0.25, 0.3) is 0 Å². The van der Waals surface area contributed by atoms with Crippen LogP contribution < -0.4 is 10.2 Å². The van der Waals surface area contributed by atoms with Crippen molar-refractivity contribution in [3.63, 3.8) is 0 Å². The number of morpholine rings is 1. The van der Waals surface area contributed by atoms with Crippen LogP contribution in [0.1, 0.15) is 24.4 Å². The summed E-state index contributed by atoms with van der Waals surface area (Å²) in [6, 6.07) is 8.71. The maximum absolute atomic E-state index is 5.37. The molecule has 3 rings (SSSR count). The lowest BCUT2D eigenvalue weighted by Crippen LogP contribution is -2.36. The van der Waals surface area contributed by atoms with Gasteiger partial charge in [0.15, 0.2) is 5.82 Å². The molecule has 1 aromatic carbocycles. The van der Waals surface area contributed by atoms with Crippen LogP contribution in [0.15, 0.2) is 24.3 Å². The molecular weight excluding hydrogens is 268 g/mol. The summed E-state index contributed by atoms with van der Waals surface area (Å²) in [5, 5.41) is 17.4. The molecule has 7 heteroatoms. The minimum atomic E-state index is 0.0719. The summed E-state index contributed by atoms with van der Waals surface area (Å²) in [7, 11) is 0. The second-order valence-corrected chi connectivity index (χ2v) is 5.14. The van der Waals surface area contributed by atoms with Crippen molar-refractivity contribution in [1.29, 1.82) is 0 Å². The average molecular weight is 288 g/mol. The normalized spacial score (nSPS) is 16.9. The number of tetrazole rings is 1. The van der Waals surface area contributed by atoms with Crippen LogP contribution in [-0.2, 0) is 11.3 Å². The number of aromatic amines is 1. The molecule has 1 aromatic heterocycles. The van der Waals surface area contributed by atoms with Gasteiger partial charge in [0, 0.05) is 25.3 Å². The van der Waals surface area contributed by atoms with Crippen molar-refractivity contribution in [2.45, 2.75) is 19.5 Å². The lowest BCUT2D eigenvalue weighted by molar-refractivity contribution is 0.122. The Morgan fingerprint density at radius 1 is 1.29 bits per heavy atom. The molecule has 0 saturated carbocycles. The molecule has 2 heterocycles. The average Bonchev–Trinajstić information content (AvgIpc) is 3.08. The van der Waals surface area contributed by atoms with E-state index in [0.29, 0.717) is 5.82 Å². The molecule has 2 N–H and O–H groups in total. The third kappa shape index (κ3) is 3.56. The highest BCUT2D eigenvalue weighted by molar-refractivity contribution is 5.47. The fourth-order valence-corrected chi connectivity index (χ4v) is 2.36. The van der Waals surface area contributed by atoms with Crippen molar-refractivity contribution in [3.05, 3.63) is 35.7 Å². The van der Waals surface area contributed by atoms with Crippen LogP contribution in [0.2, 0.25) is 0 Å². The summed E-state index contributed by atoms with van der Waals surface area (Å²) in [6.07, 6.45) is 0. The van der Waals surface area contributed by atoms with Gasteiger partial charge < -0.3 is 15.0 Å². The maximum atomic E-state index is 5.37. The van der Waals surface area contributed by atoms with E-state index in [9.17, 15) is 0 Å². The zero-order valence-corrected chi connectivity index (χ0v) is 12.1. The number of rotatable bonds is 5. The Hall–Kier alpha value is -1.99. The van der Waals surface area contributed by atoms with Gasteiger partial charge in [-0.2, -0.15) is 5.21 Å². The highest BCUT2D eigenvalue weighted by Crippen LogP contribution is 2.17. The Kier molecular flexibility index (Phi) is 4.42. The first-order chi connectivity index (χ1) is 10.3. The molecular formula is C14H20N6O. The van der Waals surface area contributed by atoms with Gasteiger partial charge in [-0.1, -0.05) is 17.3 Å². The topological polar surface area (TPSA) is 79.0 Å². The Bertz CT molecular complexity index is 535. The van der Waals surface area contributed by atoms with Gasteiger partial charge in [-0.3, -0.25) is 0 Å². The predicted molar refractivity (Wildman–Crippen MR) is 78.9 cm³/mol. The summed E-state index contributed by atoms with van der Waals surface area (Å²) in [5.74, 6) is 0.680. The smallest absolute Gasteiger partial charge is 0.191 e. The zero-order valence-electron chi connectivity index (χ0n) is 12.1. The first-order valence-corrected chi connectivity index (χ1v) is 7.21. The summed E-state index contributed by atoms with van der Waals surface area (Å²) < 4.78 is 5.37. The first kappa shape index (κ1) is 14.0. The number of ether oxygens (including phenoxy) is 1. The van der Waals surface area contributed by atoms with Gasteiger partial charge in [0.2, 0.25) is 0 Å². The van der Waals surface area contributed by atoms with Crippen LogP contribution >= 0.6 is 0 Å². The minimum absolute atomic E-state index is 0.0719. The van der Waals surface area contributed by atoms with Crippen molar-refractivity contribution < 1.29 is 4.74 Å². The fourth-order valence-electron chi connectivity index (χ4n) is 2.36. The lowest BCUT2D eigenvalue weighted by Gasteiger charge is -2.29. The van der Waals surface area contributed by atoms with E-state index in [4.69, 9.17) is 4.74 Å². The van der Waals surface area contributed by atoms with Crippen LogP contribution in [0.25, 0.3) is 0 Å². The third-order valence-corrected chi connectivity index (χ3v) is 3.67. The van der Waals surface area contributed by atoms with Gasteiger partial charge in [-0.05, 0) is 24.6 Å². The summed E-state index contributed by atoms with van der Waals surface area (Å²) >= 11 is 0. The van der Waals surface area contributed by atoms with Gasteiger partial charge in [-0.15, -0.1) is 10.2 Å². The molecule has 0 amide bonds. The van der Waals surface area contributed by atoms with E-state index in [2.05, 4.69) is 55.1 Å². The molecule has 2 aromatic rings. The Morgan fingerprint density at radius 2 is 2.05 bits per heavy atom. The zero-order chi connectivity index (χ0) is 14.5. The second-order valence-electron chi connectivity index (χ2n) is 5.14. The molecule has 0 bridgehead atoms. The Balaban J connectivity index is 1.54. The van der Waals surface area contributed by atoms with Gasteiger partial charge >= 0.3 is 0 Å². The monoisotopic (exact) mass is 288 g/mol. The molecule has 1 fully saturated rings. The lowest BCUT2D eigenvalue weighted by atomic mass is 10.1. The number of nitrogens with zero attached hydrogens (tertiary/aromatic N) is 4. The fraction of sp³-hybridized carbons (Fsp3) is 0.500. The third-order valence-electron chi connectivity index (χ3n) is 3.67. The van der Waals surface area contributed by atoms with Crippen LogP contribution in [-0.4, -0.2) is 46.9 Å². The van der Waals surface area contributed by atoms with Crippen LogP contribution in [0.3, 0.4) is 0 Å². The Labute approximate surface area is 123 Å². The van der Waals surface area contributed by atoms with E-state index in [1.807, 2.05) is 6.92 Å². The molecule has 7 nitrogen and oxygen atoms in total. The van der Waals surface area contributed by atoms with E-state index >= 15 is 0 Å². The number of aromatic nitrogens is 4. The van der Waals surface area contributed by atoms with E-state index in [0.717, 1.165) is 32.8 Å². The molecule has 1 unspecified atom stereocenters. The molecule has 1 saturated heterocycles. The molecule has 21 heavy (non-hydrogen) atoms. The quantitative estimate of drug-likeness (QED) is 0.850. The second kappa shape index (κ2) is 6.64. The van der Waals surface area contributed by atoms with Crippen LogP contribution in [0, 0.1) is 0 Å². The summed E-state index contributed by atoms with van der Waals surface area (Å²) in [6.45, 7) is 6.35. The Morgan fingerprint density at radius 3 is 2.71 bits per heavy atom. The number of hydrogen-bond acceptors (Lipinski definition) is 6. The van der Waals surface area contributed by atoms with Crippen molar-refractivity contribution >= 4 is 5.69 Å². The van der Waals surface area contributed by atoms with Crippen LogP contribution in [0.5, 0.6) is 0 Å². The van der Waals surface area contributed by atoms with Crippen molar-refractivity contribution in [2.24, 2.45) is 0 Å². The molecule has 112 valence electrons. The number of anilines is 1. The van der Waals surface area contributed by atoms with E-state index < -0.39 is 0 Å². The highest BCUT2D eigenvalue weighted by atomic mass is 16.5. The van der Waals surface area contributed by atoms with Crippen LogP contribution in [0.4, 0.5) is 5.69 Å². The molecule has 0 spiro atoms. The number of H-pyrrole nitrogens is 1. The largest absolute Gasteiger partial charge is 0.378 e. The predicted octanol–water partition coefficient (Wildman–Crippen LogP) is 0.887. The summed E-state index contributed by atoms with van der Waals surface area (Å²) in [4.78, 5) is 2.35. The number of hydrogen-bond donors (Lipinski definition) is 2. The van der Waals surface area contributed by atoms with E-state index in [1.54, 1.807) is 0 Å². The van der Waals surface area contributed by atoms with Gasteiger partial charge in [-0.25, -0.2) is 0 Å². The standard InChI is InChI=1S/C14H20N6O/c1-11(14-16-18-19-17-14)15-10-12-2-4-13(5-3-12)20-6-8-21-9-7-20/h2-5,11,15H,6-10H2,1H3,(H,16,17,18,19). The molecule has 1 atom stereocenters. The van der Waals surface area contributed by atoms with Crippen molar-refractivity contribution in [3.8, 4) is 0 Å². The number of benzene rings is 1. The van der Waals surface area contributed by atoms with Gasteiger partial charge in [0.05, 0.1) is 19.3 Å². The van der Waals surface area contributed by atoms with Crippen molar-refractivity contribution in [1.82, 2.24) is 25.9 Å². The molecule has 0 aliphatic carbocycles. The molecule has 1 aliphatic heterocycles. The number of nitrogens with one attached hydrogen (secondary N) is 2. The summed E-state index contributed by atoms with van der Waals surface area (Å²) in [5.41, 5.74) is 2.50. The molecule has 1 aliphatic rings. The van der Waals surface area contributed by atoms with Gasteiger partial charge in [0.1, 0.15) is 0 Å². The first-order valence-electron chi connectivity index (χ1n) is 7.21. The molecule has 0 radical (unpaired) electrons. The highest BCUT2D eigenvalue weighted by Gasteiger charge is 2.12. The van der Waals surface area contributed by atoms with Crippen molar-refractivity contribution in [2.75, 3.05) is 31.2 Å². The van der Waals surface area contributed by atoms with E-state index in [-0.39, 0.29) is 6.04 Å².